The van der Waals surface area contributed by atoms with Crippen molar-refractivity contribution in [2.45, 2.75) is 45.9 Å². The number of alkyl carbamates (subject to hydrolysis) is 1. The largest absolute Gasteiger partial charge is 0.480 e. The predicted molar refractivity (Wildman–Crippen MR) is 93.5 cm³/mol. The molecule has 2 N–H and O–H groups in total. The number of carbonyl (C=O) groups is 1. The second kappa shape index (κ2) is 8.35. The van der Waals surface area contributed by atoms with Crippen molar-refractivity contribution in [3.8, 4) is 5.88 Å². The quantitative estimate of drug-likeness (QED) is 0.790. The molecule has 0 saturated carbocycles. The Bertz CT molecular complexity index is 511. The van der Waals surface area contributed by atoms with Crippen LogP contribution in [0.15, 0.2) is 0 Å². The van der Waals surface area contributed by atoms with Crippen molar-refractivity contribution < 1.29 is 14.3 Å². The average molecular weight is 344 g/mol. The Hall–Kier alpha value is -1.54. The number of aromatic nitrogens is 1. The second-order valence-corrected chi connectivity index (χ2v) is 7.55. The Morgan fingerprint density at radius 1 is 1.39 bits per heavy atom. The number of amides is 1. The van der Waals surface area contributed by atoms with Gasteiger partial charge in [0.15, 0.2) is 5.13 Å². The Kier molecular flexibility index (Phi) is 7.08. The molecule has 0 radical (unpaired) electrons. The van der Waals surface area contributed by atoms with Gasteiger partial charge in [-0.2, -0.15) is 4.98 Å². The summed E-state index contributed by atoms with van der Waals surface area (Å²) in [5.74, 6) is 0.638. The van der Waals surface area contributed by atoms with E-state index < -0.39 is 11.7 Å². The number of thiazole rings is 1. The fourth-order valence-corrected chi connectivity index (χ4v) is 2.58. The lowest BCUT2D eigenvalue weighted by Gasteiger charge is -2.21. The molecule has 0 aliphatic heterocycles. The Balaban J connectivity index is 2.44. The molecular formula is C15H28N4O3S. The number of anilines is 1. The van der Waals surface area contributed by atoms with E-state index >= 15 is 0 Å². The van der Waals surface area contributed by atoms with Gasteiger partial charge in [-0.25, -0.2) is 4.79 Å². The van der Waals surface area contributed by atoms with Crippen molar-refractivity contribution in [3.63, 3.8) is 0 Å². The average Bonchev–Trinajstić information content (AvgIpc) is 2.84. The molecule has 0 aliphatic carbocycles. The lowest BCUT2D eigenvalue weighted by molar-refractivity contribution is 0.0523. The van der Waals surface area contributed by atoms with Crippen LogP contribution in [0.25, 0.3) is 0 Å². The summed E-state index contributed by atoms with van der Waals surface area (Å²) in [4.78, 5) is 19.0. The van der Waals surface area contributed by atoms with E-state index in [1.807, 2.05) is 46.7 Å². The topological polar surface area (TPSA) is 75.7 Å². The zero-order valence-electron chi connectivity index (χ0n) is 15.0. The molecule has 0 spiro atoms. The first-order valence-electron chi connectivity index (χ1n) is 7.53. The third-order valence-electron chi connectivity index (χ3n) is 2.79. The minimum atomic E-state index is -0.487. The van der Waals surface area contributed by atoms with E-state index in [2.05, 4.69) is 15.6 Å². The van der Waals surface area contributed by atoms with Gasteiger partial charge >= 0.3 is 6.09 Å². The van der Waals surface area contributed by atoms with E-state index in [0.29, 0.717) is 19.0 Å². The highest BCUT2D eigenvalue weighted by atomic mass is 32.1. The number of methoxy groups -OCH3 is 1. The van der Waals surface area contributed by atoms with Crippen molar-refractivity contribution >= 4 is 22.6 Å². The highest BCUT2D eigenvalue weighted by Crippen LogP contribution is 2.30. The number of rotatable bonds is 7. The Morgan fingerprint density at radius 2 is 2.04 bits per heavy atom. The number of ether oxygens (including phenoxy) is 2. The number of nitrogens with one attached hydrogen (secondary N) is 2. The molecule has 1 aromatic heterocycles. The van der Waals surface area contributed by atoms with Crippen molar-refractivity contribution in [1.82, 2.24) is 15.6 Å². The number of hydrogen-bond donors (Lipinski definition) is 2. The molecule has 0 fully saturated rings. The van der Waals surface area contributed by atoms with Gasteiger partial charge in [0, 0.05) is 33.2 Å². The molecule has 0 saturated heterocycles. The van der Waals surface area contributed by atoms with Crippen molar-refractivity contribution in [2.75, 3.05) is 32.6 Å². The van der Waals surface area contributed by atoms with Crippen LogP contribution in [-0.2, 0) is 11.3 Å². The predicted octanol–water partition coefficient (Wildman–Crippen LogP) is 2.22. The first-order valence-corrected chi connectivity index (χ1v) is 8.35. The van der Waals surface area contributed by atoms with E-state index in [0.717, 1.165) is 10.0 Å². The van der Waals surface area contributed by atoms with Gasteiger partial charge in [-0.05, 0) is 27.7 Å². The minimum Gasteiger partial charge on any atom is -0.480 e. The van der Waals surface area contributed by atoms with Gasteiger partial charge < -0.3 is 25.0 Å². The van der Waals surface area contributed by atoms with Crippen LogP contribution >= 0.6 is 11.3 Å². The van der Waals surface area contributed by atoms with Crippen LogP contribution in [0.5, 0.6) is 5.88 Å². The van der Waals surface area contributed by atoms with Gasteiger partial charge in [-0.15, -0.1) is 0 Å². The van der Waals surface area contributed by atoms with Gasteiger partial charge in [-0.3, -0.25) is 0 Å². The smallest absolute Gasteiger partial charge is 0.407 e. The van der Waals surface area contributed by atoms with Crippen LogP contribution in [0.3, 0.4) is 0 Å². The summed E-state index contributed by atoms with van der Waals surface area (Å²) in [6.45, 7) is 8.63. The molecule has 1 heterocycles. The van der Waals surface area contributed by atoms with Gasteiger partial charge in [0.2, 0.25) is 5.88 Å². The van der Waals surface area contributed by atoms with Gasteiger partial charge in [0.1, 0.15) is 5.60 Å². The molecule has 7 nitrogen and oxygen atoms in total. The van der Waals surface area contributed by atoms with E-state index in [1.165, 1.54) is 0 Å². The van der Waals surface area contributed by atoms with Crippen molar-refractivity contribution in [3.05, 3.63) is 4.88 Å². The third-order valence-corrected chi connectivity index (χ3v) is 3.99. The molecule has 0 aliphatic rings. The molecule has 1 atom stereocenters. The maximum atomic E-state index is 11.6. The van der Waals surface area contributed by atoms with Crippen molar-refractivity contribution in [1.29, 1.82) is 0 Å². The van der Waals surface area contributed by atoms with Crippen LogP contribution in [0, 0.1) is 0 Å². The lowest BCUT2D eigenvalue weighted by atomic mass is 10.2. The van der Waals surface area contributed by atoms with Gasteiger partial charge in [0.25, 0.3) is 0 Å². The normalized spacial score (nSPS) is 12.7. The first kappa shape index (κ1) is 19.5. The number of nitrogens with zero attached hydrogens (tertiary/aromatic N) is 2. The summed E-state index contributed by atoms with van der Waals surface area (Å²) in [5.41, 5.74) is -0.487. The molecule has 1 rings (SSSR count). The molecule has 1 amide bonds. The zero-order valence-corrected chi connectivity index (χ0v) is 15.8. The first-order chi connectivity index (χ1) is 10.6. The lowest BCUT2D eigenvalue weighted by Crippen LogP contribution is -2.40. The monoisotopic (exact) mass is 344 g/mol. The standard InChI is InChI=1S/C15H28N4O3S/c1-10(8-17-14(20)22-15(2,3)4)16-9-11-12(21-7)18-13(23-11)19(5)6/h10,16H,8-9H2,1-7H3,(H,17,20). The van der Waals surface area contributed by atoms with Crippen LogP contribution in [0.4, 0.5) is 9.93 Å². The fraction of sp³-hybridized carbons (Fsp3) is 0.733. The Labute approximate surface area is 142 Å². The fourth-order valence-electron chi connectivity index (χ4n) is 1.68. The minimum absolute atomic E-state index is 0.0946. The van der Waals surface area contributed by atoms with Crippen LogP contribution in [0.2, 0.25) is 0 Å². The molecule has 1 aromatic rings. The SMILES string of the molecule is COc1nc(N(C)C)sc1CNC(C)CNC(=O)OC(C)(C)C. The molecule has 8 heteroatoms. The summed E-state index contributed by atoms with van der Waals surface area (Å²) >= 11 is 1.58. The molecular weight excluding hydrogens is 316 g/mol. The second-order valence-electron chi connectivity index (χ2n) is 6.49. The summed E-state index contributed by atoms with van der Waals surface area (Å²) in [7, 11) is 5.51. The Morgan fingerprint density at radius 3 is 2.57 bits per heavy atom. The van der Waals surface area contributed by atoms with Crippen LogP contribution in [0.1, 0.15) is 32.6 Å². The summed E-state index contributed by atoms with van der Waals surface area (Å²) in [6.07, 6.45) is -0.406. The van der Waals surface area contributed by atoms with E-state index in [9.17, 15) is 4.79 Å². The third kappa shape index (κ3) is 7.04. The maximum absolute atomic E-state index is 11.6. The summed E-state index contributed by atoms with van der Waals surface area (Å²) in [6, 6.07) is 0.0946. The molecule has 0 aromatic carbocycles. The molecule has 132 valence electrons. The highest BCUT2D eigenvalue weighted by molar-refractivity contribution is 7.15. The van der Waals surface area contributed by atoms with E-state index in [4.69, 9.17) is 9.47 Å². The van der Waals surface area contributed by atoms with Gasteiger partial charge in [0.05, 0.1) is 12.0 Å². The molecule has 23 heavy (non-hydrogen) atoms. The van der Waals surface area contributed by atoms with Crippen molar-refractivity contribution in [2.24, 2.45) is 0 Å². The highest BCUT2D eigenvalue weighted by Gasteiger charge is 2.17. The van der Waals surface area contributed by atoms with E-state index in [-0.39, 0.29) is 6.04 Å². The number of hydrogen-bond acceptors (Lipinski definition) is 7. The molecule has 1 unspecified atom stereocenters. The van der Waals surface area contributed by atoms with E-state index in [1.54, 1.807) is 18.4 Å². The summed E-state index contributed by atoms with van der Waals surface area (Å²) < 4.78 is 10.5. The van der Waals surface area contributed by atoms with Crippen LogP contribution < -0.4 is 20.3 Å². The van der Waals surface area contributed by atoms with Crippen LogP contribution in [-0.4, -0.2) is 50.5 Å². The number of carbonyl (C=O) groups excluding carboxylic acids is 1. The summed E-state index contributed by atoms with van der Waals surface area (Å²) in [5, 5.41) is 7.00. The maximum Gasteiger partial charge on any atom is 0.407 e. The molecule has 0 bridgehead atoms. The van der Waals surface area contributed by atoms with Gasteiger partial charge in [-0.1, -0.05) is 11.3 Å². The zero-order chi connectivity index (χ0) is 17.6.